The second-order valence-corrected chi connectivity index (χ2v) is 9.89. The first-order chi connectivity index (χ1) is 17.2. The Kier molecular flexibility index (Phi) is 7.33. The second kappa shape index (κ2) is 10.4. The highest BCUT2D eigenvalue weighted by atomic mass is 16.6. The lowest BCUT2D eigenvalue weighted by Gasteiger charge is -2.41. The lowest BCUT2D eigenvalue weighted by molar-refractivity contribution is -0.162. The number of aromatic nitrogens is 1. The van der Waals surface area contributed by atoms with E-state index in [1.807, 2.05) is 54.6 Å². The summed E-state index contributed by atoms with van der Waals surface area (Å²) in [6, 6.07) is 15.2. The first-order valence-corrected chi connectivity index (χ1v) is 12.3. The number of rotatable bonds is 6. The van der Waals surface area contributed by atoms with Crippen LogP contribution in [0.1, 0.15) is 57.0 Å². The van der Waals surface area contributed by atoms with Gasteiger partial charge in [-0.05, 0) is 44.9 Å². The minimum Gasteiger partial charge on any atom is -0.466 e. The van der Waals surface area contributed by atoms with Crippen LogP contribution in [-0.4, -0.2) is 46.1 Å². The molecule has 0 saturated heterocycles. The van der Waals surface area contributed by atoms with E-state index < -0.39 is 35.7 Å². The Bertz CT molecular complexity index is 1250. The van der Waals surface area contributed by atoms with Crippen LogP contribution in [0.25, 0.3) is 10.9 Å². The molecule has 2 atom stereocenters. The van der Waals surface area contributed by atoms with Crippen LogP contribution in [0, 0.1) is 0 Å². The molecule has 0 bridgehead atoms. The monoisotopic (exact) mass is 491 g/mol. The van der Waals surface area contributed by atoms with Gasteiger partial charge in [0.15, 0.2) is 0 Å². The molecule has 0 aliphatic carbocycles. The highest BCUT2D eigenvalue weighted by molar-refractivity contribution is 5.90. The molecule has 1 aliphatic heterocycles. The molecule has 0 radical (unpaired) electrons. The Balaban J connectivity index is 1.76. The minimum absolute atomic E-state index is 0.0916. The largest absolute Gasteiger partial charge is 0.466 e. The van der Waals surface area contributed by atoms with E-state index in [0.29, 0.717) is 0 Å². The molecule has 8 heteroatoms. The summed E-state index contributed by atoms with van der Waals surface area (Å²) < 4.78 is 11.0. The molecule has 4 rings (SSSR count). The van der Waals surface area contributed by atoms with Gasteiger partial charge in [0.1, 0.15) is 11.6 Å². The molecule has 3 aromatic rings. The average molecular weight is 492 g/mol. The van der Waals surface area contributed by atoms with Crippen molar-refractivity contribution in [2.45, 2.75) is 64.8 Å². The Morgan fingerprint density at radius 3 is 2.44 bits per heavy atom. The first kappa shape index (κ1) is 25.3. The number of ether oxygens (including phenoxy) is 2. The number of para-hydroxylation sites is 1. The van der Waals surface area contributed by atoms with E-state index in [-0.39, 0.29) is 26.0 Å². The summed E-state index contributed by atoms with van der Waals surface area (Å²) in [5.74, 6) is -0.958. The van der Waals surface area contributed by atoms with Gasteiger partial charge in [0.25, 0.3) is 0 Å². The normalized spacial score (nSPS) is 17.4. The van der Waals surface area contributed by atoms with Crippen molar-refractivity contribution in [1.82, 2.24) is 15.2 Å². The van der Waals surface area contributed by atoms with Gasteiger partial charge in [-0.1, -0.05) is 48.5 Å². The first-order valence-electron chi connectivity index (χ1n) is 12.3. The topological polar surface area (TPSA) is 101 Å². The van der Waals surface area contributed by atoms with Crippen molar-refractivity contribution in [3.63, 3.8) is 0 Å². The van der Waals surface area contributed by atoms with Crippen molar-refractivity contribution in [3.05, 3.63) is 71.4 Å². The Morgan fingerprint density at radius 2 is 1.75 bits per heavy atom. The molecule has 0 saturated carbocycles. The van der Waals surface area contributed by atoms with Gasteiger partial charge in [0.2, 0.25) is 0 Å². The predicted molar refractivity (Wildman–Crippen MR) is 136 cm³/mol. The summed E-state index contributed by atoms with van der Waals surface area (Å²) >= 11 is 0. The van der Waals surface area contributed by atoms with Gasteiger partial charge in [0.05, 0.1) is 19.1 Å². The van der Waals surface area contributed by atoms with E-state index in [0.717, 1.165) is 27.7 Å². The minimum atomic E-state index is -0.911. The molecule has 8 nitrogen and oxygen atoms in total. The van der Waals surface area contributed by atoms with Gasteiger partial charge in [-0.3, -0.25) is 4.79 Å². The molecule has 36 heavy (non-hydrogen) atoms. The molecule has 0 spiro atoms. The van der Waals surface area contributed by atoms with Gasteiger partial charge in [-0.15, -0.1) is 0 Å². The van der Waals surface area contributed by atoms with Crippen LogP contribution in [0.4, 0.5) is 4.79 Å². The summed E-state index contributed by atoms with van der Waals surface area (Å²) in [7, 11) is 0. The van der Waals surface area contributed by atoms with Crippen molar-refractivity contribution in [1.29, 1.82) is 0 Å². The van der Waals surface area contributed by atoms with E-state index in [9.17, 15) is 14.4 Å². The van der Waals surface area contributed by atoms with Crippen LogP contribution in [0.2, 0.25) is 0 Å². The van der Waals surface area contributed by atoms with E-state index in [2.05, 4.69) is 10.3 Å². The number of aromatic amines is 1. The lowest BCUT2D eigenvalue weighted by Crippen LogP contribution is -2.56. The molecule has 190 valence electrons. The maximum atomic E-state index is 13.7. The standard InChI is InChI=1S/C28H33N3O5/c1-5-35-24(32)16-22-25-20(19-13-9-10-14-21(19)30-25)15-23(26(33)36-28(2,3)4)31(22)27(34)29-17-18-11-7-6-8-12-18/h6-14,22-23,30H,5,15-17H2,1-4H3,(H,29,34)/t22-,23-/m0/s1. The van der Waals surface area contributed by atoms with E-state index in [1.165, 1.54) is 4.90 Å². The number of hydrogen-bond donors (Lipinski definition) is 2. The number of fused-ring (bicyclic) bond motifs is 3. The zero-order valence-electron chi connectivity index (χ0n) is 21.2. The fraction of sp³-hybridized carbons (Fsp3) is 0.393. The smallest absolute Gasteiger partial charge is 0.329 e. The molecule has 2 N–H and O–H groups in total. The molecule has 1 aliphatic rings. The van der Waals surface area contributed by atoms with Crippen LogP contribution in [0.5, 0.6) is 0 Å². The molecule has 2 aromatic carbocycles. The zero-order valence-corrected chi connectivity index (χ0v) is 21.2. The number of esters is 2. The number of urea groups is 1. The van der Waals surface area contributed by atoms with Crippen molar-refractivity contribution < 1.29 is 23.9 Å². The van der Waals surface area contributed by atoms with Gasteiger partial charge >= 0.3 is 18.0 Å². The number of amides is 2. The van der Waals surface area contributed by atoms with Crippen LogP contribution in [-0.2, 0) is 32.0 Å². The van der Waals surface area contributed by atoms with Crippen molar-refractivity contribution in [2.24, 2.45) is 0 Å². The highest BCUT2D eigenvalue weighted by Crippen LogP contribution is 2.40. The number of carbonyl (C=O) groups is 3. The summed E-state index contributed by atoms with van der Waals surface area (Å²) in [4.78, 5) is 44.7. The molecular weight excluding hydrogens is 458 g/mol. The SMILES string of the molecule is CCOC(=O)C[C@H]1c2[nH]c3ccccc3c2C[C@@H](C(=O)OC(C)(C)C)N1C(=O)NCc1ccccc1. The van der Waals surface area contributed by atoms with Crippen molar-refractivity contribution in [2.75, 3.05) is 6.61 Å². The second-order valence-electron chi connectivity index (χ2n) is 9.89. The summed E-state index contributed by atoms with van der Waals surface area (Å²) in [5, 5.41) is 3.89. The number of nitrogens with one attached hydrogen (secondary N) is 2. The van der Waals surface area contributed by atoms with Crippen LogP contribution in [0.15, 0.2) is 54.6 Å². The van der Waals surface area contributed by atoms with E-state index in [1.54, 1.807) is 27.7 Å². The van der Waals surface area contributed by atoms with Crippen LogP contribution >= 0.6 is 0 Å². The third-order valence-corrected chi connectivity index (χ3v) is 6.11. The zero-order chi connectivity index (χ0) is 25.9. The average Bonchev–Trinajstić information content (AvgIpc) is 3.21. The van der Waals surface area contributed by atoms with Crippen molar-refractivity contribution >= 4 is 28.9 Å². The van der Waals surface area contributed by atoms with Crippen molar-refractivity contribution in [3.8, 4) is 0 Å². The Labute approximate surface area is 211 Å². The quantitative estimate of drug-likeness (QED) is 0.489. The number of hydrogen-bond acceptors (Lipinski definition) is 5. The fourth-order valence-electron chi connectivity index (χ4n) is 4.67. The highest BCUT2D eigenvalue weighted by Gasteiger charge is 2.45. The fourth-order valence-corrected chi connectivity index (χ4v) is 4.67. The maximum absolute atomic E-state index is 13.7. The number of H-pyrrole nitrogens is 1. The molecule has 1 aromatic heterocycles. The molecule has 0 fully saturated rings. The van der Waals surface area contributed by atoms with E-state index >= 15 is 0 Å². The molecule has 2 heterocycles. The lowest BCUT2D eigenvalue weighted by atomic mass is 9.90. The summed E-state index contributed by atoms with van der Waals surface area (Å²) in [6.07, 6.45) is 0.179. The Morgan fingerprint density at radius 1 is 1.06 bits per heavy atom. The third-order valence-electron chi connectivity index (χ3n) is 6.11. The number of nitrogens with zero attached hydrogens (tertiary/aromatic N) is 1. The molecular formula is C28H33N3O5. The van der Waals surface area contributed by atoms with E-state index in [4.69, 9.17) is 9.47 Å². The maximum Gasteiger partial charge on any atom is 0.329 e. The van der Waals surface area contributed by atoms with Gasteiger partial charge in [0, 0.05) is 29.6 Å². The summed E-state index contributed by atoms with van der Waals surface area (Å²) in [6.45, 7) is 7.62. The molecule has 2 amide bonds. The third kappa shape index (κ3) is 5.53. The van der Waals surface area contributed by atoms with Crippen LogP contribution in [0.3, 0.4) is 0 Å². The summed E-state index contributed by atoms with van der Waals surface area (Å²) in [5.41, 5.74) is 2.71. The van der Waals surface area contributed by atoms with Gasteiger partial charge < -0.3 is 24.7 Å². The van der Waals surface area contributed by atoms with Gasteiger partial charge in [-0.2, -0.15) is 0 Å². The number of benzene rings is 2. The Hall–Kier alpha value is -3.81. The molecule has 0 unspecified atom stereocenters. The van der Waals surface area contributed by atoms with Gasteiger partial charge in [-0.25, -0.2) is 9.59 Å². The predicted octanol–water partition coefficient (Wildman–Crippen LogP) is 4.64. The van der Waals surface area contributed by atoms with Crippen LogP contribution < -0.4 is 5.32 Å². The number of carbonyl (C=O) groups excluding carboxylic acids is 3.